The predicted octanol–water partition coefficient (Wildman–Crippen LogP) is 1.24. The first-order valence-corrected chi connectivity index (χ1v) is 2.38. The average molecular weight is 116 g/mol. The SMILES string of the molecule is C#Cc1cocc1C#C. The molecule has 0 aromatic carbocycles. The topological polar surface area (TPSA) is 13.1 Å². The maximum Gasteiger partial charge on any atom is 0.107 e. The van der Waals surface area contributed by atoms with Gasteiger partial charge in [-0.15, -0.1) is 12.8 Å². The van der Waals surface area contributed by atoms with Crippen LogP contribution in [0.15, 0.2) is 16.9 Å². The summed E-state index contributed by atoms with van der Waals surface area (Å²) in [4.78, 5) is 0. The van der Waals surface area contributed by atoms with E-state index in [0.29, 0.717) is 11.1 Å². The van der Waals surface area contributed by atoms with E-state index in [2.05, 4.69) is 11.8 Å². The molecule has 0 bridgehead atoms. The van der Waals surface area contributed by atoms with Gasteiger partial charge in [0.1, 0.15) is 12.5 Å². The highest BCUT2D eigenvalue weighted by molar-refractivity contribution is 5.45. The lowest BCUT2D eigenvalue weighted by Gasteiger charge is -1.76. The van der Waals surface area contributed by atoms with Crippen molar-refractivity contribution in [2.75, 3.05) is 0 Å². The van der Waals surface area contributed by atoms with Crippen molar-refractivity contribution in [3.05, 3.63) is 23.7 Å². The Kier molecular flexibility index (Phi) is 1.30. The van der Waals surface area contributed by atoms with E-state index in [-0.39, 0.29) is 0 Å². The summed E-state index contributed by atoms with van der Waals surface area (Å²) in [7, 11) is 0. The molecule has 0 N–H and O–H groups in total. The molecule has 0 aliphatic heterocycles. The summed E-state index contributed by atoms with van der Waals surface area (Å²) in [6, 6.07) is 0. The van der Waals surface area contributed by atoms with Gasteiger partial charge in [-0.2, -0.15) is 0 Å². The molecule has 0 saturated carbocycles. The normalized spacial score (nSPS) is 7.78. The molecular weight excluding hydrogens is 112 g/mol. The zero-order valence-corrected chi connectivity index (χ0v) is 4.72. The number of furan rings is 1. The second-order valence-electron chi connectivity index (χ2n) is 1.49. The minimum Gasteiger partial charge on any atom is -0.470 e. The fourth-order valence-electron chi connectivity index (χ4n) is 0.521. The van der Waals surface area contributed by atoms with E-state index in [1.807, 2.05) is 0 Å². The molecule has 1 aromatic rings. The summed E-state index contributed by atoms with van der Waals surface area (Å²) >= 11 is 0. The van der Waals surface area contributed by atoms with Crippen LogP contribution in [0.2, 0.25) is 0 Å². The number of terminal acetylenes is 2. The van der Waals surface area contributed by atoms with E-state index in [0.717, 1.165) is 0 Å². The Morgan fingerprint density at radius 1 is 1.11 bits per heavy atom. The van der Waals surface area contributed by atoms with Crippen LogP contribution in [0.3, 0.4) is 0 Å². The zero-order chi connectivity index (χ0) is 6.69. The molecule has 9 heavy (non-hydrogen) atoms. The van der Waals surface area contributed by atoms with Gasteiger partial charge in [-0.3, -0.25) is 0 Å². The summed E-state index contributed by atoms with van der Waals surface area (Å²) in [5, 5.41) is 0. The van der Waals surface area contributed by atoms with Crippen molar-refractivity contribution < 1.29 is 4.42 Å². The van der Waals surface area contributed by atoms with Crippen LogP contribution >= 0.6 is 0 Å². The summed E-state index contributed by atoms with van der Waals surface area (Å²) in [5.41, 5.74) is 1.27. The van der Waals surface area contributed by atoms with E-state index in [4.69, 9.17) is 17.3 Å². The quantitative estimate of drug-likeness (QED) is 0.465. The van der Waals surface area contributed by atoms with Crippen LogP contribution < -0.4 is 0 Å². The summed E-state index contributed by atoms with van der Waals surface area (Å²) in [6.45, 7) is 0. The fraction of sp³-hybridized carbons (Fsp3) is 0. The molecule has 1 heteroatoms. The molecule has 0 aliphatic carbocycles. The van der Waals surface area contributed by atoms with Gasteiger partial charge in [-0.05, 0) is 0 Å². The molecule has 0 aliphatic rings. The van der Waals surface area contributed by atoms with Gasteiger partial charge in [0.2, 0.25) is 0 Å². The third kappa shape index (κ3) is 0.806. The lowest BCUT2D eigenvalue weighted by atomic mass is 10.2. The third-order valence-corrected chi connectivity index (χ3v) is 0.973. The molecule has 0 unspecified atom stereocenters. The molecular formula is C8H4O. The summed E-state index contributed by atoms with van der Waals surface area (Å²) in [6.07, 6.45) is 13.0. The van der Waals surface area contributed by atoms with E-state index < -0.39 is 0 Å². The van der Waals surface area contributed by atoms with Crippen molar-refractivity contribution in [3.8, 4) is 24.7 Å². The highest BCUT2D eigenvalue weighted by atomic mass is 16.3. The molecule has 1 rings (SSSR count). The molecule has 0 saturated heterocycles. The minimum atomic E-state index is 0.637. The zero-order valence-electron chi connectivity index (χ0n) is 4.72. The Labute approximate surface area is 53.7 Å². The Hall–Kier alpha value is -1.60. The maximum atomic E-state index is 5.07. The maximum absolute atomic E-state index is 5.07. The largest absolute Gasteiger partial charge is 0.470 e. The first-order chi connectivity index (χ1) is 4.38. The Morgan fingerprint density at radius 2 is 1.56 bits per heavy atom. The van der Waals surface area contributed by atoms with Gasteiger partial charge in [0, 0.05) is 0 Å². The molecule has 0 atom stereocenters. The molecule has 0 fully saturated rings. The van der Waals surface area contributed by atoms with Crippen molar-refractivity contribution in [2.45, 2.75) is 0 Å². The third-order valence-electron chi connectivity index (χ3n) is 0.973. The summed E-state index contributed by atoms with van der Waals surface area (Å²) in [5.74, 6) is 4.78. The Bertz CT molecular complexity index is 252. The van der Waals surface area contributed by atoms with Crippen molar-refractivity contribution in [3.63, 3.8) is 0 Å². The summed E-state index contributed by atoms with van der Waals surface area (Å²) < 4.78 is 4.74. The molecule has 1 nitrogen and oxygen atoms in total. The second kappa shape index (κ2) is 2.11. The van der Waals surface area contributed by atoms with Gasteiger partial charge in [0.15, 0.2) is 0 Å². The predicted molar refractivity (Wildman–Crippen MR) is 34.6 cm³/mol. The lowest BCUT2D eigenvalue weighted by Crippen LogP contribution is -1.70. The van der Waals surface area contributed by atoms with Crippen LogP contribution in [0.25, 0.3) is 0 Å². The van der Waals surface area contributed by atoms with Crippen LogP contribution in [-0.4, -0.2) is 0 Å². The van der Waals surface area contributed by atoms with Crippen LogP contribution in [0.4, 0.5) is 0 Å². The van der Waals surface area contributed by atoms with E-state index in [9.17, 15) is 0 Å². The van der Waals surface area contributed by atoms with Crippen molar-refractivity contribution in [2.24, 2.45) is 0 Å². The van der Waals surface area contributed by atoms with Gasteiger partial charge in [-0.25, -0.2) is 0 Å². The minimum absolute atomic E-state index is 0.637. The molecule has 0 amide bonds. The van der Waals surface area contributed by atoms with Crippen LogP contribution in [0.1, 0.15) is 11.1 Å². The molecule has 1 heterocycles. The average Bonchev–Trinajstić information content (AvgIpc) is 2.33. The smallest absolute Gasteiger partial charge is 0.107 e. The monoisotopic (exact) mass is 116 g/mol. The van der Waals surface area contributed by atoms with E-state index in [1.54, 1.807) is 0 Å². The lowest BCUT2D eigenvalue weighted by molar-refractivity contribution is 0.566. The van der Waals surface area contributed by atoms with Crippen LogP contribution in [0.5, 0.6) is 0 Å². The van der Waals surface area contributed by atoms with Gasteiger partial charge in [0.05, 0.1) is 11.1 Å². The van der Waals surface area contributed by atoms with Crippen molar-refractivity contribution >= 4 is 0 Å². The van der Waals surface area contributed by atoms with Gasteiger partial charge in [0.25, 0.3) is 0 Å². The van der Waals surface area contributed by atoms with Gasteiger partial charge < -0.3 is 4.42 Å². The molecule has 0 radical (unpaired) electrons. The van der Waals surface area contributed by atoms with Crippen LogP contribution in [0, 0.1) is 24.7 Å². The number of hydrogen-bond donors (Lipinski definition) is 0. The fourth-order valence-corrected chi connectivity index (χ4v) is 0.521. The number of rotatable bonds is 0. The molecule has 0 spiro atoms. The number of hydrogen-bond acceptors (Lipinski definition) is 1. The first kappa shape index (κ1) is 5.54. The highest BCUT2D eigenvalue weighted by Crippen LogP contribution is 2.05. The standard InChI is InChI=1S/C8H4O/c1-3-7-5-9-6-8(7)4-2/h1-2,5-6H. The van der Waals surface area contributed by atoms with E-state index in [1.165, 1.54) is 12.5 Å². The molecule has 42 valence electrons. The second-order valence-corrected chi connectivity index (χ2v) is 1.49. The molecule has 1 aromatic heterocycles. The highest BCUT2D eigenvalue weighted by Gasteiger charge is 1.95. The van der Waals surface area contributed by atoms with E-state index >= 15 is 0 Å². The van der Waals surface area contributed by atoms with Crippen molar-refractivity contribution in [1.82, 2.24) is 0 Å². The Morgan fingerprint density at radius 3 is 1.89 bits per heavy atom. The van der Waals surface area contributed by atoms with Gasteiger partial charge in [-0.1, -0.05) is 11.8 Å². The first-order valence-electron chi connectivity index (χ1n) is 2.38. The Balaban J connectivity index is 3.22. The van der Waals surface area contributed by atoms with Crippen LogP contribution in [-0.2, 0) is 0 Å². The van der Waals surface area contributed by atoms with Crippen molar-refractivity contribution in [1.29, 1.82) is 0 Å². The van der Waals surface area contributed by atoms with Gasteiger partial charge >= 0.3 is 0 Å².